The summed E-state index contributed by atoms with van der Waals surface area (Å²) in [5.41, 5.74) is 3.67. The number of anilines is 2. The molecule has 4 rings (SSSR count). The van der Waals surface area contributed by atoms with Crippen LogP contribution in [0.2, 0.25) is 20.1 Å². The van der Waals surface area contributed by atoms with Gasteiger partial charge in [-0.2, -0.15) is 0 Å². The van der Waals surface area contributed by atoms with Crippen molar-refractivity contribution in [2.75, 3.05) is 43.6 Å². The van der Waals surface area contributed by atoms with Gasteiger partial charge in [-0.05, 0) is 47.5 Å². The van der Waals surface area contributed by atoms with Gasteiger partial charge in [-0.25, -0.2) is 0 Å². The molecular formula is C25H24Cl4N2O3. The minimum absolute atomic E-state index is 0.301. The average molecular weight is 542 g/mol. The maximum atomic E-state index is 6.55. The SMILES string of the molecule is COc1cc(CNc2ccc(N3CCOCC3)c(Cl)c2)c(Cl)cc1OCc1ccc(Cl)c(Cl)c1. The molecule has 0 amide bonds. The molecule has 0 atom stereocenters. The quantitative estimate of drug-likeness (QED) is 0.323. The smallest absolute Gasteiger partial charge is 0.163 e. The lowest BCUT2D eigenvalue weighted by atomic mass is 10.1. The monoisotopic (exact) mass is 540 g/mol. The summed E-state index contributed by atoms with van der Waals surface area (Å²) in [6.07, 6.45) is 0. The minimum atomic E-state index is 0.301. The number of halogens is 4. The summed E-state index contributed by atoms with van der Waals surface area (Å²) in [7, 11) is 1.59. The molecular weight excluding hydrogens is 518 g/mol. The van der Waals surface area contributed by atoms with E-state index in [1.165, 1.54) is 0 Å². The van der Waals surface area contributed by atoms with Gasteiger partial charge in [0.15, 0.2) is 11.5 Å². The van der Waals surface area contributed by atoms with E-state index in [1.807, 2.05) is 30.3 Å². The Morgan fingerprint density at radius 2 is 1.65 bits per heavy atom. The molecule has 1 saturated heterocycles. The van der Waals surface area contributed by atoms with Crippen LogP contribution in [0, 0.1) is 0 Å². The van der Waals surface area contributed by atoms with Gasteiger partial charge in [-0.1, -0.05) is 52.5 Å². The van der Waals surface area contributed by atoms with Gasteiger partial charge in [-0.15, -0.1) is 0 Å². The molecule has 1 aliphatic heterocycles. The first-order chi connectivity index (χ1) is 16.4. The molecule has 0 radical (unpaired) electrons. The zero-order valence-electron chi connectivity index (χ0n) is 18.5. The molecule has 34 heavy (non-hydrogen) atoms. The van der Waals surface area contributed by atoms with Crippen LogP contribution in [-0.2, 0) is 17.9 Å². The lowest BCUT2D eigenvalue weighted by Gasteiger charge is -2.29. The normalized spacial score (nSPS) is 13.6. The highest BCUT2D eigenvalue weighted by atomic mass is 35.5. The number of morpholine rings is 1. The van der Waals surface area contributed by atoms with Gasteiger partial charge >= 0.3 is 0 Å². The van der Waals surface area contributed by atoms with E-state index >= 15 is 0 Å². The summed E-state index contributed by atoms with van der Waals surface area (Å²) in [6, 6.07) is 14.9. The number of nitrogens with one attached hydrogen (secondary N) is 1. The summed E-state index contributed by atoms with van der Waals surface area (Å²) >= 11 is 25.2. The first-order valence-electron chi connectivity index (χ1n) is 10.7. The molecule has 3 aromatic carbocycles. The zero-order valence-corrected chi connectivity index (χ0v) is 21.6. The predicted molar refractivity (Wildman–Crippen MR) is 141 cm³/mol. The maximum absolute atomic E-state index is 6.55. The van der Waals surface area contributed by atoms with Crippen LogP contribution >= 0.6 is 46.4 Å². The fourth-order valence-corrected chi connectivity index (χ4v) is 4.49. The molecule has 3 aromatic rings. The summed E-state index contributed by atoms with van der Waals surface area (Å²) in [4.78, 5) is 2.23. The lowest BCUT2D eigenvalue weighted by molar-refractivity contribution is 0.122. The molecule has 1 N–H and O–H groups in total. The Hall–Kier alpha value is -2.02. The first-order valence-corrected chi connectivity index (χ1v) is 12.2. The van der Waals surface area contributed by atoms with E-state index in [9.17, 15) is 0 Å². The number of hydrogen-bond donors (Lipinski definition) is 1. The van der Waals surface area contributed by atoms with Crippen LogP contribution in [0.1, 0.15) is 11.1 Å². The van der Waals surface area contributed by atoms with E-state index in [2.05, 4.69) is 10.2 Å². The van der Waals surface area contributed by atoms with Crippen LogP contribution in [0.4, 0.5) is 11.4 Å². The van der Waals surface area contributed by atoms with Crippen LogP contribution < -0.4 is 19.7 Å². The Kier molecular flexibility index (Phi) is 8.56. The van der Waals surface area contributed by atoms with E-state index < -0.39 is 0 Å². The van der Waals surface area contributed by atoms with Crippen molar-refractivity contribution in [3.05, 3.63) is 79.7 Å². The van der Waals surface area contributed by atoms with Crippen molar-refractivity contribution in [1.82, 2.24) is 0 Å². The van der Waals surface area contributed by atoms with Crippen LogP contribution in [0.3, 0.4) is 0 Å². The highest BCUT2D eigenvalue weighted by molar-refractivity contribution is 6.42. The Morgan fingerprint density at radius 1 is 0.853 bits per heavy atom. The minimum Gasteiger partial charge on any atom is -0.493 e. The van der Waals surface area contributed by atoms with Gasteiger partial charge in [0, 0.05) is 36.4 Å². The van der Waals surface area contributed by atoms with Gasteiger partial charge in [0.1, 0.15) is 6.61 Å². The number of ether oxygens (including phenoxy) is 3. The molecule has 0 bridgehead atoms. The number of hydrogen-bond acceptors (Lipinski definition) is 5. The third kappa shape index (κ3) is 6.15. The van der Waals surface area contributed by atoms with Gasteiger partial charge in [0.2, 0.25) is 0 Å². The molecule has 1 heterocycles. The van der Waals surface area contributed by atoms with Crippen molar-refractivity contribution < 1.29 is 14.2 Å². The Labute approximate surface area is 219 Å². The Morgan fingerprint density at radius 3 is 2.35 bits per heavy atom. The molecule has 0 spiro atoms. The number of benzene rings is 3. The van der Waals surface area contributed by atoms with E-state index in [0.717, 1.165) is 35.6 Å². The number of methoxy groups -OCH3 is 1. The first kappa shape index (κ1) is 25.1. The summed E-state index contributed by atoms with van der Waals surface area (Å²) in [5.74, 6) is 1.13. The molecule has 1 aliphatic rings. The number of nitrogens with zero attached hydrogens (tertiary/aromatic N) is 1. The van der Waals surface area contributed by atoms with Crippen LogP contribution in [0.25, 0.3) is 0 Å². The van der Waals surface area contributed by atoms with E-state index in [1.54, 1.807) is 25.3 Å². The lowest BCUT2D eigenvalue weighted by Crippen LogP contribution is -2.36. The molecule has 0 aliphatic carbocycles. The van der Waals surface area contributed by atoms with Crippen molar-refractivity contribution >= 4 is 57.8 Å². The largest absolute Gasteiger partial charge is 0.493 e. The van der Waals surface area contributed by atoms with E-state index in [0.29, 0.717) is 58.0 Å². The summed E-state index contributed by atoms with van der Waals surface area (Å²) in [6.45, 7) is 3.89. The fourth-order valence-electron chi connectivity index (χ4n) is 3.65. The van der Waals surface area contributed by atoms with Crippen molar-refractivity contribution in [3.8, 4) is 11.5 Å². The van der Waals surface area contributed by atoms with Crippen molar-refractivity contribution in [2.24, 2.45) is 0 Å². The van der Waals surface area contributed by atoms with Crippen molar-refractivity contribution in [1.29, 1.82) is 0 Å². The van der Waals surface area contributed by atoms with E-state index in [-0.39, 0.29) is 0 Å². The van der Waals surface area contributed by atoms with Crippen molar-refractivity contribution in [2.45, 2.75) is 13.2 Å². The second-order valence-corrected chi connectivity index (χ2v) is 9.38. The highest BCUT2D eigenvalue weighted by Gasteiger charge is 2.15. The fraction of sp³-hybridized carbons (Fsp3) is 0.280. The van der Waals surface area contributed by atoms with Crippen LogP contribution in [0.15, 0.2) is 48.5 Å². The second-order valence-electron chi connectivity index (χ2n) is 7.75. The Bertz CT molecular complexity index is 1150. The summed E-state index contributed by atoms with van der Waals surface area (Å²) < 4.78 is 16.9. The zero-order chi connectivity index (χ0) is 24.1. The molecule has 0 aromatic heterocycles. The van der Waals surface area contributed by atoms with Gasteiger partial charge in [-0.3, -0.25) is 0 Å². The maximum Gasteiger partial charge on any atom is 0.163 e. The van der Waals surface area contributed by atoms with Crippen LogP contribution in [-0.4, -0.2) is 33.4 Å². The highest BCUT2D eigenvalue weighted by Crippen LogP contribution is 2.35. The predicted octanol–water partition coefficient (Wildman–Crippen LogP) is 7.34. The second kappa shape index (κ2) is 11.6. The standard InChI is InChI=1S/C25H24Cl4N2O3/c1-32-24-11-17(20(27)13-25(24)34-15-16-2-4-19(26)21(28)10-16)14-30-18-3-5-23(22(29)12-18)31-6-8-33-9-7-31/h2-5,10-13,30H,6-9,14-15H2,1H3. The van der Waals surface area contributed by atoms with Gasteiger partial charge in [0.25, 0.3) is 0 Å². The third-order valence-corrected chi connectivity index (χ3v) is 6.89. The van der Waals surface area contributed by atoms with Crippen LogP contribution in [0.5, 0.6) is 11.5 Å². The molecule has 9 heteroatoms. The molecule has 1 fully saturated rings. The molecule has 0 saturated carbocycles. The molecule has 5 nitrogen and oxygen atoms in total. The number of rotatable bonds is 8. The van der Waals surface area contributed by atoms with Crippen molar-refractivity contribution in [3.63, 3.8) is 0 Å². The molecule has 180 valence electrons. The summed E-state index contributed by atoms with van der Waals surface area (Å²) in [5, 5.41) is 5.62. The van der Waals surface area contributed by atoms with Gasteiger partial charge < -0.3 is 24.4 Å². The Balaban J connectivity index is 1.42. The van der Waals surface area contributed by atoms with Gasteiger partial charge in [0.05, 0.1) is 41.1 Å². The topological polar surface area (TPSA) is 43.0 Å². The molecule has 0 unspecified atom stereocenters. The van der Waals surface area contributed by atoms with E-state index in [4.69, 9.17) is 60.6 Å². The average Bonchev–Trinajstić information content (AvgIpc) is 2.84. The third-order valence-electron chi connectivity index (χ3n) is 5.49.